The van der Waals surface area contributed by atoms with E-state index in [0.29, 0.717) is 0 Å². The fourth-order valence-electron chi connectivity index (χ4n) is 2.44. The number of ether oxygens (including phenoxy) is 1. The molecular weight excluding hydrogens is 306 g/mol. The Morgan fingerprint density at radius 2 is 2.33 bits per heavy atom. The van der Waals surface area contributed by atoms with Crippen LogP contribution in [0.25, 0.3) is 0 Å². The van der Waals surface area contributed by atoms with E-state index < -0.39 is 0 Å². The van der Waals surface area contributed by atoms with Crippen LogP contribution in [0.15, 0.2) is 10.5 Å². The van der Waals surface area contributed by atoms with Gasteiger partial charge in [-0.3, -0.25) is 0 Å². The largest absolute Gasteiger partial charge is 0.376 e. The molecule has 6 nitrogen and oxygen atoms in total. The molecule has 1 saturated heterocycles. The molecule has 0 aromatic carbocycles. The fourth-order valence-corrected chi connectivity index (χ4v) is 4.32. The van der Waals surface area contributed by atoms with Crippen LogP contribution in [-0.2, 0) is 17.0 Å². The van der Waals surface area contributed by atoms with E-state index in [0.717, 1.165) is 48.5 Å². The summed E-state index contributed by atoms with van der Waals surface area (Å²) in [6.45, 7) is 1.61. The fraction of sp³-hybridized carbons (Fsp3) is 0.692. The van der Waals surface area contributed by atoms with Gasteiger partial charge < -0.3 is 4.74 Å². The molecule has 112 valence electrons. The first-order valence-electron chi connectivity index (χ1n) is 7.33. The highest BCUT2D eigenvalue weighted by Gasteiger charge is 2.26. The number of tetrazole rings is 1. The molecule has 2 aromatic rings. The van der Waals surface area contributed by atoms with Gasteiger partial charge in [0.2, 0.25) is 5.16 Å². The molecule has 4 rings (SSSR count). The molecule has 2 fully saturated rings. The van der Waals surface area contributed by atoms with Crippen LogP contribution in [0.3, 0.4) is 0 Å². The lowest BCUT2D eigenvalue weighted by atomic mass is 10.2. The lowest BCUT2D eigenvalue weighted by molar-refractivity contribution is 0.0912. The van der Waals surface area contributed by atoms with Crippen LogP contribution < -0.4 is 0 Å². The van der Waals surface area contributed by atoms with Crippen molar-refractivity contribution in [2.45, 2.75) is 55.2 Å². The Kier molecular flexibility index (Phi) is 3.91. The average Bonchev–Trinajstić information content (AvgIpc) is 2.94. The molecule has 0 spiro atoms. The number of thiazole rings is 1. The average molecular weight is 323 g/mol. The van der Waals surface area contributed by atoms with Gasteiger partial charge >= 0.3 is 0 Å². The summed E-state index contributed by atoms with van der Waals surface area (Å²) in [5, 5.41) is 16.3. The van der Waals surface area contributed by atoms with Crippen LogP contribution >= 0.6 is 23.1 Å². The Balaban J connectivity index is 1.36. The normalized spacial score (nSPS) is 22.0. The molecule has 1 aliphatic carbocycles. The minimum atomic E-state index is 0.258. The second kappa shape index (κ2) is 6.02. The molecule has 21 heavy (non-hydrogen) atoms. The minimum Gasteiger partial charge on any atom is -0.376 e. The zero-order valence-electron chi connectivity index (χ0n) is 11.6. The first-order chi connectivity index (χ1) is 10.4. The van der Waals surface area contributed by atoms with Gasteiger partial charge in [0.05, 0.1) is 23.4 Å². The smallest absolute Gasteiger partial charge is 0.209 e. The van der Waals surface area contributed by atoms with Crippen molar-refractivity contribution in [1.82, 2.24) is 25.2 Å². The second-order valence-corrected chi connectivity index (χ2v) is 7.35. The van der Waals surface area contributed by atoms with Gasteiger partial charge in [0, 0.05) is 23.7 Å². The highest BCUT2D eigenvalue weighted by Crippen LogP contribution is 2.41. The van der Waals surface area contributed by atoms with Crippen molar-refractivity contribution in [3.8, 4) is 0 Å². The Morgan fingerprint density at radius 1 is 1.38 bits per heavy atom. The summed E-state index contributed by atoms with van der Waals surface area (Å²) < 4.78 is 7.50. The standard InChI is InChI=1S/C13H17N5OS2/c1-2-11(19-5-1)6-18-13(15-16-17-18)21-8-10-7-20-12(14-10)9-3-4-9/h7,9,11H,1-6,8H2/t11-/m1/s1. The van der Waals surface area contributed by atoms with Gasteiger partial charge in [-0.25, -0.2) is 9.67 Å². The number of thioether (sulfide) groups is 1. The van der Waals surface area contributed by atoms with Gasteiger partial charge in [0.25, 0.3) is 0 Å². The summed E-state index contributed by atoms with van der Waals surface area (Å²) in [7, 11) is 0. The molecule has 3 heterocycles. The van der Waals surface area contributed by atoms with Crippen LogP contribution in [0.4, 0.5) is 0 Å². The summed E-state index contributed by atoms with van der Waals surface area (Å²) in [5.41, 5.74) is 1.14. The van der Waals surface area contributed by atoms with Crippen molar-refractivity contribution in [3.05, 3.63) is 16.1 Å². The first kappa shape index (κ1) is 13.7. The molecule has 0 N–H and O–H groups in total. The summed E-state index contributed by atoms with van der Waals surface area (Å²) >= 11 is 3.44. The molecule has 1 atom stereocenters. The van der Waals surface area contributed by atoms with E-state index in [2.05, 4.69) is 20.9 Å². The minimum absolute atomic E-state index is 0.258. The molecule has 2 aromatic heterocycles. The van der Waals surface area contributed by atoms with Gasteiger partial charge in [0.1, 0.15) is 0 Å². The van der Waals surface area contributed by atoms with Gasteiger partial charge in [-0.05, 0) is 36.1 Å². The highest BCUT2D eigenvalue weighted by atomic mass is 32.2. The van der Waals surface area contributed by atoms with Crippen molar-refractivity contribution in [2.75, 3.05) is 6.61 Å². The maximum atomic E-state index is 5.64. The van der Waals surface area contributed by atoms with Gasteiger partial charge in [-0.1, -0.05) is 11.8 Å². The zero-order valence-corrected chi connectivity index (χ0v) is 13.3. The number of aromatic nitrogens is 5. The van der Waals surface area contributed by atoms with Crippen molar-refractivity contribution < 1.29 is 4.74 Å². The Hall–Kier alpha value is -0.990. The van der Waals surface area contributed by atoms with E-state index in [1.807, 2.05) is 4.68 Å². The summed E-state index contributed by atoms with van der Waals surface area (Å²) in [6, 6.07) is 0. The third kappa shape index (κ3) is 3.27. The van der Waals surface area contributed by atoms with E-state index in [1.165, 1.54) is 17.8 Å². The monoisotopic (exact) mass is 323 g/mol. The van der Waals surface area contributed by atoms with Crippen molar-refractivity contribution in [1.29, 1.82) is 0 Å². The molecule has 0 unspecified atom stereocenters. The number of rotatable bonds is 6. The van der Waals surface area contributed by atoms with Crippen molar-refractivity contribution >= 4 is 23.1 Å². The van der Waals surface area contributed by atoms with E-state index in [-0.39, 0.29) is 6.10 Å². The Labute approximate surface area is 131 Å². The van der Waals surface area contributed by atoms with Gasteiger partial charge in [-0.2, -0.15) is 0 Å². The van der Waals surface area contributed by atoms with Gasteiger partial charge in [0.15, 0.2) is 0 Å². The summed E-state index contributed by atoms with van der Waals surface area (Å²) in [4.78, 5) is 4.70. The number of hydrogen-bond acceptors (Lipinski definition) is 7. The van der Waals surface area contributed by atoms with E-state index in [1.54, 1.807) is 23.1 Å². The van der Waals surface area contributed by atoms with Crippen LogP contribution in [0.1, 0.15) is 42.3 Å². The number of nitrogens with zero attached hydrogens (tertiary/aromatic N) is 5. The number of hydrogen-bond donors (Lipinski definition) is 0. The third-order valence-electron chi connectivity index (χ3n) is 3.74. The topological polar surface area (TPSA) is 65.7 Å². The van der Waals surface area contributed by atoms with Gasteiger partial charge in [-0.15, -0.1) is 16.4 Å². The predicted molar refractivity (Wildman–Crippen MR) is 80.4 cm³/mol. The lowest BCUT2D eigenvalue weighted by Gasteiger charge is -2.09. The first-order valence-corrected chi connectivity index (χ1v) is 9.20. The summed E-state index contributed by atoms with van der Waals surface area (Å²) in [6.07, 6.45) is 5.10. The molecule has 0 bridgehead atoms. The second-order valence-electron chi connectivity index (χ2n) is 5.52. The maximum absolute atomic E-state index is 5.64. The van der Waals surface area contributed by atoms with Crippen LogP contribution in [0.2, 0.25) is 0 Å². The quantitative estimate of drug-likeness (QED) is 0.761. The molecule has 1 saturated carbocycles. The van der Waals surface area contributed by atoms with Crippen LogP contribution in [0.5, 0.6) is 0 Å². The molecule has 2 aliphatic rings. The molecule has 0 radical (unpaired) electrons. The zero-order chi connectivity index (χ0) is 14.1. The van der Waals surface area contributed by atoms with E-state index in [9.17, 15) is 0 Å². The van der Waals surface area contributed by atoms with E-state index >= 15 is 0 Å². The Bertz CT molecular complexity index is 603. The van der Waals surface area contributed by atoms with Crippen LogP contribution in [-0.4, -0.2) is 37.9 Å². The SMILES string of the molecule is c1sc(C2CC2)nc1CSc1nnnn1C[C@H]1CCCO1. The molecule has 8 heteroatoms. The highest BCUT2D eigenvalue weighted by molar-refractivity contribution is 7.98. The van der Waals surface area contributed by atoms with Crippen molar-refractivity contribution in [2.24, 2.45) is 0 Å². The Morgan fingerprint density at radius 3 is 3.14 bits per heavy atom. The van der Waals surface area contributed by atoms with Crippen molar-refractivity contribution in [3.63, 3.8) is 0 Å². The third-order valence-corrected chi connectivity index (χ3v) is 5.79. The summed E-state index contributed by atoms with van der Waals surface area (Å²) in [5.74, 6) is 1.56. The van der Waals surface area contributed by atoms with Crippen LogP contribution in [0, 0.1) is 0 Å². The van der Waals surface area contributed by atoms with E-state index in [4.69, 9.17) is 9.72 Å². The maximum Gasteiger partial charge on any atom is 0.209 e. The molecule has 1 aliphatic heterocycles. The lowest BCUT2D eigenvalue weighted by Crippen LogP contribution is -2.16. The predicted octanol–water partition coefficient (Wildman–Crippen LogP) is 2.48. The molecule has 0 amide bonds. The molecular formula is C13H17N5OS2.